The van der Waals surface area contributed by atoms with Crippen LogP contribution in [0.15, 0.2) is 23.8 Å². The lowest BCUT2D eigenvalue weighted by Crippen LogP contribution is -2.60. The van der Waals surface area contributed by atoms with E-state index >= 15 is 0 Å². The first-order chi connectivity index (χ1) is 17.5. The third kappa shape index (κ3) is 4.94. The number of fused-ring (bicyclic) bond motifs is 5. The van der Waals surface area contributed by atoms with Crippen LogP contribution >= 0.6 is 10.8 Å². The summed E-state index contributed by atoms with van der Waals surface area (Å²) in [5, 5.41) is 21.9. The van der Waals surface area contributed by atoms with Gasteiger partial charge >= 0.3 is 11.9 Å². The minimum absolute atomic E-state index is 0.0180. The molecular formula is C28H38O7S2. The molecule has 4 aliphatic carbocycles. The van der Waals surface area contributed by atoms with Gasteiger partial charge in [-0.15, -0.1) is 0 Å². The van der Waals surface area contributed by atoms with E-state index in [1.165, 1.54) is 10.8 Å². The van der Waals surface area contributed by atoms with E-state index in [-0.39, 0.29) is 29.5 Å². The maximum Gasteiger partial charge on any atom is 0.307 e. The Labute approximate surface area is 225 Å². The normalized spacial score (nSPS) is 44.5. The van der Waals surface area contributed by atoms with Crippen LogP contribution in [0, 0.1) is 34.5 Å². The number of esters is 1. The molecule has 1 saturated heterocycles. The number of ether oxygens (including phenoxy) is 1. The summed E-state index contributed by atoms with van der Waals surface area (Å²) in [5.74, 6) is -1.37. The summed E-state index contributed by atoms with van der Waals surface area (Å²) in [6.45, 7) is 4.05. The largest absolute Gasteiger partial charge is 0.605 e. The predicted molar refractivity (Wildman–Crippen MR) is 142 cm³/mol. The summed E-state index contributed by atoms with van der Waals surface area (Å²) in [6.07, 6.45) is 9.77. The van der Waals surface area contributed by atoms with Crippen LogP contribution in [0.4, 0.5) is 0 Å². The number of carbonyl (C=O) groups is 3. The van der Waals surface area contributed by atoms with E-state index in [0.29, 0.717) is 37.4 Å². The average molecular weight is 551 g/mol. The minimum atomic E-state index is -0.820. The van der Waals surface area contributed by atoms with Gasteiger partial charge in [-0.1, -0.05) is 31.9 Å². The van der Waals surface area contributed by atoms with E-state index in [1.54, 1.807) is 12.2 Å². The summed E-state index contributed by atoms with van der Waals surface area (Å²) in [4.78, 5) is 37.4. The van der Waals surface area contributed by atoms with Crippen LogP contribution in [-0.4, -0.2) is 55.7 Å². The number of allylic oxidation sites excluding steroid dienone is 3. The highest BCUT2D eigenvalue weighted by molar-refractivity contribution is 8.72. The van der Waals surface area contributed by atoms with E-state index < -0.39 is 45.1 Å². The minimum Gasteiger partial charge on any atom is -0.605 e. The van der Waals surface area contributed by atoms with Crippen molar-refractivity contribution in [3.05, 3.63) is 23.8 Å². The van der Waals surface area contributed by atoms with Gasteiger partial charge in [0.25, 0.3) is 0 Å². The molecule has 2 N–H and O–H groups in total. The van der Waals surface area contributed by atoms with Crippen molar-refractivity contribution in [1.82, 2.24) is 0 Å². The standard InChI is InChI=1S/C28H38O7S2/c1-27-11-9-17(29)13-16(27)14-22(35-23(31)6-4-3-5-18-10-12-37(34)36-18)24-19-7-8-20(26(32)33)28(19,2)15-21(30)25(24)27/h9,11,13,18-22,24-25,30H,3-8,10,12,14-15H2,1-2H3,(H,32,33)/t18-,19?,20?,21?,22?,24?,25?,27?,28?,37?/m1/s1. The maximum atomic E-state index is 13.0. The second-order valence-electron chi connectivity index (χ2n) is 12.1. The number of aliphatic hydroxyl groups is 1. The molecule has 3 saturated carbocycles. The number of carboxylic acid groups (broad SMARTS) is 1. The Morgan fingerprint density at radius 1 is 1.24 bits per heavy atom. The van der Waals surface area contributed by atoms with E-state index in [2.05, 4.69) is 6.92 Å². The molecule has 9 unspecified atom stereocenters. The summed E-state index contributed by atoms with van der Waals surface area (Å²) >= 11 is 0. The number of carboxylic acids is 1. The van der Waals surface area contributed by atoms with Crippen molar-refractivity contribution < 1.29 is 33.9 Å². The molecule has 4 fully saturated rings. The number of aliphatic carboxylic acids is 1. The molecule has 204 valence electrons. The van der Waals surface area contributed by atoms with Gasteiger partial charge in [0.1, 0.15) is 11.9 Å². The van der Waals surface area contributed by atoms with Crippen molar-refractivity contribution in [1.29, 1.82) is 0 Å². The number of aliphatic hydroxyl groups excluding tert-OH is 1. The van der Waals surface area contributed by atoms with Gasteiger partial charge in [0.15, 0.2) is 5.78 Å². The van der Waals surface area contributed by atoms with Gasteiger partial charge in [0.2, 0.25) is 0 Å². The quantitative estimate of drug-likeness (QED) is 0.209. The molecule has 1 aliphatic heterocycles. The Morgan fingerprint density at radius 3 is 2.73 bits per heavy atom. The molecular weight excluding hydrogens is 512 g/mol. The van der Waals surface area contributed by atoms with E-state index in [9.17, 15) is 29.1 Å². The van der Waals surface area contributed by atoms with Crippen LogP contribution in [-0.2, 0) is 29.3 Å². The molecule has 0 aromatic heterocycles. The molecule has 0 radical (unpaired) electrons. The van der Waals surface area contributed by atoms with Gasteiger partial charge in [0.05, 0.1) is 28.1 Å². The summed E-state index contributed by atoms with van der Waals surface area (Å²) < 4.78 is 17.7. The molecule has 37 heavy (non-hydrogen) atoms. The highest BCUT2D eigenvalue weighted by Gasteiger charge is 2.65. The number of carbonyl (C=O) groups excluding carboxylic acids is 2. The van der Waals surface area contributed by atoms with E-state index in [1.807, 2.05) is 13.0 Å². The Morgan fingerprint density at radius 2 is 2.03 bits per heavy atom. The first kappa shape index (κ1) is 27.3. The molecule has 0 aromatic rings. The Kier molecular flexibility index (Phi) is 7.64. The van der Waals surface area contributed by atoms with Gasteiger partial charge < -0.3 is 19.5 Å². The van der Waals surface area contributed by atoms with Crippen molar-refractivity contribution in [2.45, 2.75) is 89.1 Å². The molecule has 5 rings (SSSR count). The SMILES string of the molecule is CC12C=CC(=O)C=C1CC(OC(=O)CCCC[C@@H]1CC[S+]([O-])S1)C1C2C(O)CC2(C)C(C(=O)O)CCC12. The lowest BCUT2D eigenvalue weighted by molar-refractivity contribution is -0.184. The van der Waals surface area contributed by atoms with E-state index in [0.717, 1.165) is 37.0 Å². The molecule has 0 spiro atoms. The van der Waals surface area contributed by atoms with Crippen LogP contribution in [0.5, 0.6) is 0 Å². The van der Waals surface area contributed by atoms with Gasteiger partial charge in [-0.05, 0) is 55.6 Å². The topological polar surface area (TPSA) is 124 Å². The Hall–Kier alpha value is -1.29. The van der Waals surface area contributed by atoms with Crippen LogP contribution in [0.1, 0.15) is 71.6 Å². The number of ketones is 1. The highest BCUT2D eigenvalue weighted by Crippen LogP contribution is 2.66. The van der Waals surface area contributed by atoms with Crippen molar-refractivity contribution >= 4 is 38.7 Å². The fourth-order valence-electron chi connectivity index (χ4n) is 8.32. The van der Waals surface area contributed by atoms with Crippen LogP contribution in [0.3, 0.4) is 0 Å². The molecule has 9 heteroatoms. The Bertz CT molecular complexity index is 1010. The van der Waals surface area contributed by atoms with Crippen LogP contribution < -0.4 is 0 Å². The molecule has 0 amide bonds. The predicted octanol–water partition coefficient (Wildman–Crippen LogP) is 4.22. The first-order valence-corrected chi connectivity index (χ1v) is 16.3. The van der Waals surface area contributed by atoms with Crippen molar-refractivity contribution in [2.24, 2.45) is 34.5 Å². The van der Waals surface area contributed by atoms with Gasteiger partial charge in [0, 0.05) is 46.7 Å². The van der Waals surface area contributed by atoms with Gasteiger partial charge in [-0.2, -0.15) is 0 Å². The number of hydrogen-bond donors (Lipinski definition) is 2. The molecule has 5 aliphatic rings. The zero-order valence-electron chi connectivity index (χ0n) is 21.6. The second kappa shape index (κ2) is 10.4. The first-order valence-electron chi connectivity index (χ1n) is 13.6. The molecule has 0 bridgehead atoms. The number of hydrogen-bond acceptors (Lipinski definition) is 7. The zero-order valence-corrected chi connectivity index (χ0v) is 23.2. The van der Waals surface area contributed by atoms with E-state index in [4.69, 9.17) is 4.74 Å². The molecule has 1 heterocycles. The third-order valence-corrected chi connectivity index (χ3v) is 13.6. The van der Waals surface area contributed by atoms with Crippen LogP contribution in [0.2, 0.25) is 0 Å². The zero-order chi connectivity index (χ0) is 26.5. The highest BCUT2D eigenvalue weighted by atomic mass is 33.1. The van der Waals surface area contributed by atoms with Gasteiger partial charge in [-0.3, -0.25) is 14.4 Å². The lowest BCUT2D eigenvalue weighted by atomic mass is 9.46. The fourth-order valence-corrected chi connectivity index (χ4v) is 11.9. The average Bonchev–Trinajstić information content (AvgIpc) is 3.39. The monoisotopic (exact) mass is 550 g/mol. The van der Waals surface area contributed by atoms with Crippen LogP contribution in [0.25, 0.3) is 0 Å². The smallest absolute Gasteiger partial charge is 0.307 e. The summed E-state index contributed by atoms with van der Waals surface area (Å²) in [7, 11) is 0.771. The molecule has 7 nitrogen and oxygen atoms in total. The summed E-state index contributed by atoms with van der Waals surface area (Å²) in [6, 6.07) is 0. The van der Waals surface area contributed by atoms with Crippen molar-refractivity contribution in [3.8, 4) is 0 Å². The maximum absolute atomic E-state index is 13.0. The number of rotatable bonds is 7. The molecule has 10 atom stereocenters. The lowest BCUT2D eigenvalue weighted by Gasteiger charge is -2.60. The fraction of sp³-hybridized carbons (Fsp3) is 0.750. The number of unbranched alkanes of at least 4 members (excludes halogenated alkanes) is 1. The Balaban J connectivity index is 1.34. The molecule has 0 aromatic carbocycles. The third-order valence-electron chi connectivity index (χ3n) is 10.1. The van der Waals surface area contributed by atoms with Crippen molar-refractivity contribution in [3.63, 3.8) is 0 Å². The van der Waals surface area contributed by atoms with Crippen molar-refractivity contribution in [2.75, 3.05) is 5.75 Å². The summed E-state index contributed by atoms with van der Waals surface area (Å²) in [5.41, 5.74) is -0.203. The van der Waals surface area contributed by atoms with Gasteiger partial charge in [-0.25, -0.2) is 0 Å². The second-order valence-corrected chi connectivity index (χ2v) is 15.7.